The number of hydrogen-bond donors (Lipinski definition) is 2. The zero-order valence-electron chi connectivity index (χ0n) is 14.4. The maximum Gasteiger partial charge on any atom is 0.222 e. The zero-order chi connectivity index (χ0) is 17.5. The summed E-state index contributed by atoms with van der Waals surface area (Å²) in [4.78, 5) is 14.2. The molecule has 0 aliphatic rings. The third-order valence-electron chi connectivity index (χ3n) is 4.25. The Balaban J connectivity index is 1.93. The number of carbonyl (C=O) groups excluding carboxylic acids is 1. The molecule has 0 aliphatic heterocycles. The highest BCUT2D eigenvalue weighted by Crippen LogP contribution is 2.17. The number of benzene rings is 2. The van der Waals surface area contributed by atoms with Crippen LogP contribution in [0.2, 0.25) is 0 Å². The number of nitrogens with zero attached hydrogens (tertiary/aromatic N) is 1. The average molecular weight is 326 g/mol. The van der Waals surface area contributed by atoms with Crippen LogP contribution in [0.15, 0.2) is 48.5 Å². The second kappa shape index (κ2) is 8.50. The van der Waals surface area contributed by atoms with Gasteiger partial charge in [0, 0.05) is 18.7 Å². The summed E-state index contributed by atoms with van der Waals surface area (Å²) in [5.41, 5.74) is 9.60. The predicted octanol–water partition coefficient (Wildman–Crippen LogP) is 3.09. The van der Waals surface area contributed by atoms with Gasteiger partial charge in [-0.15, -0.1) is 0 Å². The van der Waals surface area contributed by atoms with Gasteiger partial charge in [0.1, 0.15) is 0 Å². The number of likely N-dealkylation sites (N-methyl/N-ethyl adjacent to an activating group) is 1. The summed E-state index contributed by atoms with van der Waals surface area (Å²) in [5, 5.41) is 10.4. The molecule has 1 unspecified atom stereocenters. The summed E-state index contributed by atoms with van der Waals surface area (Å²) in [6.45, 7) is 4.82. The summed E-state index contributed by atoms with van der Waals surface area (Å²) in [6, 6.07) is 15.3. The molecule has 0 fully saturated rings. The molecule has 4 nitrogen and oxygen atoms in total. The Morgan fingerprint density at radius 3 is 2.46 bits per heavy atom. The van der Waals surface area contributed by atoms with Crippen molar-refractivity contribution in [1.82, 2.24) is 4.90 Å². The Morgan fingerprint density at radius 2 is 1.83 bits per heavy atom. The van der Waals surface area contributed by atoms with E-state index in [9.17, 15) is 9.90 Å². The molecule has 0 saturated carbocycles. The molecule has 4 heteroatoms. The topological polar surface area (TPSA) is 66.6 Å². The molecule has 0 spiro atoms. The van der Waals surface area contributed by atoms with Gasteiger partial charge in [0.15, 0.2) is 0 Å². The van der Waals surface area contributed by atoms with E-state index >= 15 is 0 Å². The smallest absolute Gasteiger partial charge is 0.222 e. The molecule has 0 heterocycles. The minimum atomic E-state index is -0.670. The minimum absolute atomic E-state index is 0.0342. The van der Waals surface area contributed by atoms with Crippen LogP contribution >= 0.6 is 0 Å². The lowest BCUT2D eigenvalue weighted by Gasteiger charge is -2.24. The van der Waals surface area contributed by atoms with Crippen LogP contribution in [0.3, 0.4) is 0 Å². The zero-order valence-corrected chi connectivity index (χ0v) is 14.4. The average Bonchev–Trinajstić information content (AvgIpc) is 2.59. The molecule has 0 aliphatic carbocycles. The van der Waals surface area contributed by atoms with Crippen molar-refractivity contribution in [2.75, 3.05) is 18.8 Å². The fourth-order valence-electron chi connectivity index (χ4n) is 2.67. The SMILES string of the molecule is CCN(CC(O)c1ccc(C)cc1)C(=O)CCc1ccccc1N. The molecule has 0 aromatic heterocycles. The van der Waals surface area contributed by atoms with Gasteiger partial charge in [-0.05, 0) is 37.5 Å². The van der Waals surface area contributed by atoms with Crippen molar-refractivity contribution in [2.45, 2.75) is 32.8 Å². The minimum Gasteiger partial charge on any atom is -0.399 e. The second-order valence-corrected chi connectivity index (χ2v) is 6.06. The first-order chi connectivity index (χ1) is 11.5. The highest BCUT2D eigenvalue weighted by Gasteiger charge is 2.17. The van der Waals surface area contributed by atoms with Crippen LogP contribution in [0.25, 0.3) is 0 Å². The first-order valence-electron chi connectivity index (χ1n) is 8.37. The summed E-state index contributed by atoms with van der Waals surface area (Å²) in [5.74, 6) is 0.0342. The maximum atomic E-state index is 12.5. The Hall–Kier alpha value is -2.33. The second-order valence-electron chi connectivity index (χ2n) is 6.06. The van der Waals surface area contributed by atoms with Crippen molar-refractivity contribution in [3.63, 3.8) is 0 Å². The number of para-hydroxylation sites is 1. The molecule has 1 atom stereocenters. The van der Waals surface area contributed by atoms with Gasteiger partial charge in [0.25, 0.3) is 0 Å². The monoisotopic (exact) mass is 326 g/mol. The first kappa shape index (κ1) is 18.0. The molecule has 0 saturated heterocycles. The highest BCUT2D eigenvalue weighted by molar-refractivity contribution is 5.76. The lowest BCUT2D eigenvalue weighted by molar-refractivity contribution is -0.132. The van der Waals surface area contributed by atoms with Crippen LogP contribution in [-0.4, -0.2) is 29.0 Å². The number of nitrogens with two attached hydrogens (primary N) is 1. The molecule has 2 aromatic rings. The van der Waals surface area contributed by atoms with Gasteiger partial charge in [-0.3, -0.25) is 4.79 Å². The quantitative estimate of drug-likeness (QED) is 0.768. The molecule has 1 amide bonds. The van der Waals surface area contributed by atoms with Crippen LogP contribution in [0.5, 0.6) is 0 Å². The lowest BCUT2D eigenvalue weighted by atomic mass is 10.1. The number of amides is 1. The largest absolute Gasteiger partial charge is 0.399 e. The summed E-state index contributed by atoms with van der Waals surface area (Å²) in [7, 11) is 0. The number of carbonyl (C=O) groups is 1. The normalized spacial score (nSPS) is 12.0. The fourth-order valence-corrected chi connectivity index (χ4v) is 2.67. The van der Waals surface area contributed by atoms with Crippen molar-refractivity contribution >= 4 is 11.6 Å². The number of aryl methyl sites for hydroxylation is 2. The molecule has 2 rings (SSSR count). The Morgan fingerprint density at radius 1 is 1.17 bits per heavy atom. The highest BCUT2D eigenvalue weighted by atomic mass is 16.3. The van der Waals surface area contributed by atoms with Crippen molar-refractivity contribution < 1.29 is 9.90 Å². The Labute approximate surface area is 143 Å². The maximum absolute atomic E-state index is 12.5. The molecule has 128 valence electrons. The van der Waals surface area contributed by atoms with E-state index in [0.29, 0.717) is 31.6 Å². The van der Waals surface area contributed by atoms with Crippen LogP contribution in [0, 0.1) is 6.92 Å². The van der Waals surface area contributed by atoms with Crippen molar-refractivity contribution in [1.29, 1.82) is 0 Å². The first-order valence-corrected chi connectivity index (χ1v) is 8.37. The number of aliphatic hydroxyl groups excluding tert-OH is 1. The van der Waals surface area contributed by atoms with E-state index in [1.54, 1.807) is 4.90 Å². The lowest BCUT2D eigenvalue weighted by Crippen LogP contribution is -2.34. The van der Waals surface area contributed by atoms with Gasteiger partial charge in [0.05, 0.1) is 12.6 Å². The third-order valence-corrected chi connectivity index (χ3v) is 4.25. The number of anilines is 1. The van der Waals surface area contributed by atoms with E-state index in [0.717, 1.165) is 16.7 Å². The van der Waals surface area contributed by atoms with Crippen LogP contribution in [-0.2, 0) is 11.2 Å². The number of nitrogen functional groups attached to an aromatic ring is 1. The molecule has 3 N–H and O–H groups in total. The van der Waals surface area contributed by atoms with Crippen molar-refractivity contribution in [2.24, 2.45) is 0 Å². The number of rotatable bonds is 7. The Kier molecular flexibility index (Phi) is 6.38. The van der Waals surface area contributed by atoms with E-state index in [1.807, 2.05) is 62.4 Å². The van der Waals surface area contributed by atoms with E-state index in [1.165, 1.54) is 0 Å². The van der Waals surface area contributed by atoms with Gasteiger partial charge >= 0.3 is 0 Å². The third kappa shape index (κ3) is 4.83. The standard InChI is InChI=1S/C20H26N2O2/c1-3-22(14-19(23)17-10-8-15(2)9-11-17)20(24)13-12-16-6-4-5-7-18(16)21/h4-11,19,23H,3,12-14,21H2,1-2H3. The molecular formula is C20H26N2O2. The predicted molar refractivity (Wildman–Crippen MR) is 97.6 cm³/mol. The van der Waals surface area contributed by atoms with Crippen molar-refractivity contribution in [3.8, 4) is 0 Å². The molecule has 0 bridgehead atoms. The van der Waals surface area contributed by atoms with Gasteiger partial charge in [-0.1, -0.05) is 48.0 Å². The van der Waals surface area contributed by atoms with E-state index in [2.05, 4.69) is 0 Å². The fraction of sp³-hybridized carbons (Fsp3) is 0.350. The van der Waals surface area contributed by atoms with Crippen LogP contribution in [0.4, 0.5) is 5.69 Å². The van der Waals surface area contributed by atoms with Gasteiger partial charge < -0.3 is 15.7 Å². The van der Waals surface area contributed by atoms with E-state index < -0.39 is 6.10 Å². The molecule has 2 aromatic carbocycles. The van der Waals surface area contributed by atoms with Crippen LogP contribution < -0.4 is 5.73 Å². The molecule has 24 heavy (non-hydrogen) atoms. The number of aliphatic hydroxyl groups is 1. The summed E-state index contributed by atoms with van der Waals surface area (Å²) < 4.78 is 0. The van der Waals surface area contributed by atoms with Crippen molar-refractivity contribution in [3.05, 3.63) is 65.2 Å². The summed E-state index contributed by atoms with van der Waals surface area (Å²) >= 11 is 0. The van der Waals surface area contributed by atoms with Gasteiger partial charge in [-0.2, -0.15) is 0 Å². The number of hydrogen-bond acceptors (Lipinski definition) is 3. The summed E-state index contributed by atoms with van der Waals surface area (Å²) in [6.07, 6.45) is 0.335. The molecular weight excluding hydrogens is 300 g/mol. The van der Waals surface area contributed by atoms with E-state index in [-0.39, 0.29) is 5.91 Å². The Bertz CT molecular complexity index is 668. The van der Waals surface area contributed by atoms with Crippen LogP contribution in [0.1, 0.15) is 36.1 Å². The van der Waals surface area contributed by atoms with Gasteiger partial charge in [0.2, 0.25) is 5.91 Å². The van der Waals surface area contributed by atoms with E-state index in [4.69, 9.17) is 5.73 Å². The molecule has 0 radical (unpaired) electrons. The van der Waals surface area contributed by atoms with Gasteiger partial charge in [-0.25, -0.2) is 0 Å².